The number of benzene rings is 1. The molecule has 1 heterocycles. The molecule has 0 bridgehead atoms. The lowest BCUT2D eigenvalue weighted by atomic mass is 9.89. The molecule has 0 radical (unpaired) electrons. The van der Waals surface area contributed by atoms with Gasteiger partial charge in [-0.3, -0.25) is 9.69 Å². The fraction of sp³-hybridized carbons (Fsp3) is 0.650. The molecule has 0 spiro atoms. The predicted molar refractivity (Wildman–Crippen MR) is 96.1 cm³/mol. The maximum Gasteiger partial charge on any atom is 0.308 e. The van der Waals surface area contributed by atoms with Crippen molar-refractivity contribution in [2.24, 2.45) is 5.92 Å². The molecular formula is C20H29NO4. The highest BCUT2D eigenvalue weighted by molar-refractivity contribution is 5.72. The van der Waals surface area contributed by atoms with Gasteiger partial charge in [-0.05, 0) is 50.3 Å². The molecule has 2 atom stereocenters. The first kappa shape index (κ1) is 18.2. The van der Waals surface area contributed by atoms with Crippen molar-refractivity contribution in [3.8, 4) is 5.75 Å². The first-order chi connectivity index (χ1) is 12.1. The van der Waals surface area contributed by atoms with Gasteiger partial charge in [0.25, 0.3) is 0 Å². The van der Waals surface area contributed by atoms with Gasteiger partial charge in [0.1, 0.15) is 5.75 Å². The third-order valence-electron chi connectivity index (χ3n) is 5.77. The molecule has 2 fully saturated rings. The third-order valence-corrected chi connectivity index (χ3v) is 5.77. The van der Waals surface area contributed by atoms with Gasteiger partial charge in [-0.25, -0.2) is 0 Å². The summed E-state index contributed by atoms with van der Waals surface area (Å²) in [5.74, 6) is -0.169. The third kappa shape index (κ3) is 4.15. The molecular weight excluding hydrogens is 318 g/mol. The molecule has 0 amide bonds. The minimum Gasteiger partial charge on any atom is -0.497 e. The minimum atomic E-state index is -0.689. The van der Waals surface area contributed by atoms with E-state index in [2.05, 4.69) is 4.90 Å². The number of carboxylic acid groups (broad SMARTS) is 1. The highest BCUT2D eigenvalue weighted by Gasteiger charge is 2.41. The largest absolute Gasteiger partial charge is 0.497 e. The molecule has 2 aliphatic rings. The summed E-state index contributed by atoms with van der Waals surface area (Å²) in [5, 5.41) is 9.70. The number of ether oxygens (including phenoxy) is 2. The van der Waals surface area contributed by atoms with Crippen molar-refractivity contribution < 1.29 is 19.4 Å². The summed E-state index contributed by atoms with van der Waals surface area (Å²) in [6.07, 6.45) is 4.76. The van der Waals surface area contributed by atoms with Crippen LogP contribution in [-0.4, -0.2) is 54.9 Å². The summed E-state index contributed by atoms with van der Waals surface area (Å²) >= 11 is 0. The number of methoxy groups -OCH3 is 1. The molecule has 138 valence electrons. The van der Waals surface area contributed by atoms with Crippen LogP contribution < -0.4 is 4.74 Å². The van der Waals surface area contributed by atoms with E-state index < -0.39 is 5.97 Å². The van der Waals surface area contributed by atoms with Gasteiger partial charge in [0, 0.05) is 31.7 Å². The first-order valence-electron chi connectivity index (χ1n) is 9.34. The van der Waals surface area contributed by atoms with Crippen molar-refractivity contribution in [2.75, 3.05) is 26.8 Å². The van der Waals surface area contributed by atoms with Crippen LogP contribution in [0.5, 0.6) is 5.75 Å². The number of carbonyl (C=O) groups is 1. The van der Waals surface area contributed by atoms with Gasteiger partial charge in [0.2, 0.25) is 0 Å². The monoisotopic (exact) mass is 347 g/mol. The van der Waals surface area contributed by atoms with Crippen LogP contribution >= 0.6 is 0 Å². The summed E-state index contributed by atoms with van der Waals surface area (Å²) in [4.78, 5) is 14.2. The van der Waals surface area contributed by atoms with Crippen molar-refractivity contribution >= 4 is 5.97 Å². The van der Waals surface area contributed by atoms with Crippen LogP contribution in [0.3, 0.4) is 0 Å². The number of hydrogen-bond donors (Lipinski definition) is 1. The van der Waals surface area contributed by atoms with E-state index in [9.17, 15) is 9.90 Å². The molecule has 1 aliphatic heterocycles. The van der Waals surface area contributed by atoms with E-state index in [1.54, 1.807) is 7.11 Å². The van der Waals surface area contributed by atoms with Crippen LogP contribution in [-0.2, 0) is 9.53 Å². The lowest BCUT2D eigenvalue weighted by Gasteiger charge is -2.34. The van der Waals surface area contributed by atoms with Crippen LogP contribution in [0.15, 0.2) is 24.3 Å². The second-order valence-corrected chi connectivity index (χ2v) is 7.16. The van der Waals surface area contributed by atoms with Gasteiger partial charge in [-0.1, -0.05) is 12.1 Å². The number of hydrogen-bond acceptors (Lipinski definition) is 4. The van der Waals surface area contributed by atoms with Crippen LogP contribution in [0.4, 0.5) is 0 Å². The Morgan fingerprint density at radius 1 is 1.16 bits per heavy atom. The number of carboxylic acids is 1. The van der Waals surface area contributed by atoms with Crippen molar-refractivity contribution in [3.63, 3.8) is 0 Å². The fourth-order valence-corrected chi connectivity index (χ4v) is 4.38. The first-order valence-corrected chi connectivity index (χ1v) is 9.34. The van der Waals surface area contributed by atoms with E-state index in [4.69, 9.17) is 9.47 Å². The van der Waals surface area contributed by atoms with Crippen LogP contribution in [0.2, 0.25) is 0 Å². The maximum absolute atomic E-state index is 11.8. The Bertz CT molecular complexity index is 566. The highest BCUT2D eigenvalue weighted by Crippen LogP contribution is 2.37. The Kier molecular flexibility index (Phi) is 5.97. The lowest BCUT2D eigenvalue weighted by Crippen LogP contribution is -2.38. The summed E-state index contributed by atoms with van der Waals surface area (Å²) in [5.41, 5.74) is 1.10. The van der Waals surface area contributed by atoms with Crippen molar-refractivity contribution in [3.05, 3.63) is 29.8 Å². The van der Waals surface area contributed by atoms with Gasteiger partial charge >= 0.3 is 5.97 Å². The molecule has 3 rings (SSSR count). The lowest BCUT2D eigenvalue weighted by molar-refractivity contribution is -0.141. The number of rotatable bonds is 6. The van der Waals surface area contributed by atoms with Gasteiger partial charge < -0.3 is 14.6 Å². The van der Waals surface area contributed by atoms with E-state index in [0.717, 1.165) is 50.1 Å². The summed E-state index contributed by atoms with van der Waals surface area (Å²) < 4.78 is 11.0. The Morgan fingerprint density at radius 2 is 1.84 bits per heavy atom. The van der Waals surface area contributed by atoms with Gasteiger partial charge in [0.05, 0.1) is 19.1 Å². The topological polar surface area (TPSA) is 59.0 Å². The Hall–Kier alpha value is -1.59. The maximum atomic E-state index is 11.8. The second kappa shape index (κ2) is 8.19. The molecule has 1 unspecified atom stereocenters. The average molecular weight is 347 g/mol. The molecule has 1 aliphatic carbocycles. The summed E-state index contributed by atoms with van der Waals surface area (Å²) in [7, 11) is 1.64. The molecule has 25 heavy (non-hydrogen) atoms. The molecule has 5 heteroatoms. The predicted octanol–water partition coefficient (Wildman–Crippen LogP) is 3.14. The normalized spacial score (nSPS) is 30.3. The average Bonchev–Trinajstić information content (AvgIpc) is 3.08. The van der Waals surface area contributed by atoms with Gasteiger partial charge in [0.15, 0.2) is 0 Å². The standard InChI is InChI=1S/C20H29NO4/c1-3-25-17-10-6-15(7-11-17)21-12-18(19(13-21)20(22)23)14-4-8-16(24-2)9-5-14/h4-5,8-9,15,17-19H,3,6-7,10-13H2,1-2H3,(H,22,23)/t15?,17?,18?,19-/m1/s1. The Labute approximate surface area is 149 Å². The van der Waals surface area contributed by atoms with E-state index in [1.165, 1.54) is 0 Å². The molecule has 1 aromatic rings. The zero-order chi connectivity index (χ0) is 17.8. The second-order valence-electron chi connectivity index (χ2n) is 7.16. The zero-order valence-corrected chi connectivity index (χ0v) is 15.2. The van der Waals surface area contributed by atoms with Crippen LogP contribution in [0, 0.1) is 5.92 Å². The van der Waals surface area contributed by atoms with E-state index >= 15 is 0 Å². The smallest absolute Gasteiger partial charge is 0.308 e. The van der Waals surface area contributed by atoms with Gasteiger partial charge in [-0.15, -0.1) is 0 Å². The van der Waals surface area contributed by atoms with E-state index in [1.807, 2.05) is 31.2 Å². The Morgan fingerprint density at radius 3 is 2.40 bits per heavy atom. The summed E-state index contributed by atoms with van der Waals surface area (Å²) in [6.45, 7) is 4.30. The summed E-state index contributed by atoms with van der Waals surface area (Å²) in [6, 6.07) is 8.35. The van der Waals surface area contributed by atoms with Crippen molar-refractivity contribution in [2.45, 2.75) is 50.7 Å². The van der Waals surface area contributed by atoms with Gasteiger partial charge in [-0.2, -0.15) is 0 Å². The number of likely N-dealkylation sites (tertiary alicyclic amines) is 1. The van der Waals surface area contributed by atoms with Crippen molar-refractivity contribution in [1.29, 1.82) is 0 Å². The van der Waals surface area contributed by atoms with E-state index in [0.29, 0.717) is 18.7 Å². The SMILES string of the molecule is CCOC1CCC(N2CC(c3ccc(OC)cc3)[C@H](C(=O)O)C2)CC1. The fourth-order valence-electron chi connectivity index (χ4n) is 4.38. The zero-order valence-electron chi connectivity index (χ0n) is 15.2. The molecule has 1 saturated carbocycles. The quantitative estimate of drug-likeness (QED) is 0.857. The molecule has 0 aromatic heterocycles. The molecule has 1 aromatic carbocycles. The number of nitrogens with zero attached hydrogens (tertiary/aromatic N) is 1. The highest BCUT2D eigenvalue weighted by atomic mass is 16.5. The van der Waals surface area contributed by atoms with Crippen LogP contribution in [0.25, 0.3) is 0 Å². The number of aliphatic carboxylic acids is 1. The molecule has 1 saturated heterocycles. The molecule has 5 nitrogen and oxygen atoms in total. The Balaban J connectivity index is 1.67. The molecule has 1 N–H and O–H groups in total. The van der Waals surface area contributed by atoms with Crippen molar-refractivity contribution in [1.82, 2.24) is 4.90 Å². The van der Waals surface area contributed by atoms with E-state index in [-0.39, 0.29) is 11.8 Å². The van der Waals surface area contributed by atoms with Crippen LogP contribution in [0.1, 0.15) is 44.1 Å². The minimum absolute atomic E-state index is 0.0491.